The number of rotatable bonds is 4. The Morgan fingerprint density at radius 1 is 1.09 bits per heavy atom. The molecule has 0 saturated carbocycles. The van der Waals surface area contributed by atoms with Gasteiger partial charge in [-0.05, 0) is 62.7 Å². The van der Waals surface area contributed by atoms with Crippen LogP contribution in [0.3, 0.4) is 0 Å². The van der Waals surface area contributed by atoms with Crippen molar-refractivity contribution in [2.24, 2.45) is 5.41 Å². The van der Waals surface area contributed by atoms with E-state index < -0.39 is 0 Å². The Labute approximate surface area is 139 Å². The van der Waals surface area contributed by atoms with Crippen molar-refractivity contribution in [3.63, 3.8) is 0 Å². The average Bonchev–Trinajstić information content (AvgIpc) is 2.79. The van der Waals surface area contributed by atoms with Crippen LogP contribution in [0.15, 0.2) is 30.3 Å². The second kappa shape index (κ2) is 7.82. The summed E-state index contributed by atoms with van der Waals surface area (Å²) in [6.45, 7) is 4.58. The van der Waals surface area contributed by atoms with Crippen LogP contribution >= 0.6 is 0 Å². The molecule has 2 fully saturated rings. The minimum Gasteiger partial charge on any atom is -0.493 e. The molecule has 0 unspecified atom stereocenters. The normalized spacial score (nSPS) is 21.0. The van der Waals surface area contributed by atoms with Crippen LogP contribution in [0.2, 0.25) is 0 Å². The second-order valence-corrected chi connectivity index (χ2v) is 6.90. The third-order valence-corrected chi connectivity index (χ3v) is 5.39. The number of amides is 1. The predicted molar refractivity (Wildman–Crippen MR) is 91.5 cm³/mol. The maximum absolute atomic E-state index is 12.4. The van der Waals surface area contributed by atoms with E-state index in [0.717, 1.165) is 38.3 Å². The van der Waals surface area contributed by atoms with E-state index in [2.05, 4.69) is 10.2 Å². The van der Waals surface area contributed by atoms with Crippen LogP contribution in [0.1, 0.15) is 38.5 Å². The fraction of sp³-hybridized carbons (Fsp3) is 0.632. The topological polar surface area (TPSA) is 41.6 Å². The van der Waals surface area contributed by atoms with Gasteiger partial charge in [0.25, 0.3) is 0 Å². The molecule has 23 heavy (non-hydrogen) atoms. The van der Waals surface area contributed by atoms with E-state index in [4.69, 9.17) is 4.74 Å². The second-order valence-electron chi connectivity index (χ2n) is 6.90. The highest BCUT2D eigenvalue weighted by molar-refractivity contribution is 5.76. The third-order valence-electron chi connectivity index (χ3n) is 5.39. The molecular weight excluding hydrogens is 288 g/mol. The van der Waals surface area contributed by atoms with Crippen LogP contribution in [0.25, 0.3) is 0 Å². The van der Waals surface area contributed by atoms with E-state index in [0.29, 0.717) is 18.4 Å². The SMILES string of the molecule is O=C(CCOc1ccccc1)N1CCCC2(CCNCC2)CC1. The van der Waals surface area contributed by atoms with Crippen LogP contribution in [0.5, 0.6) is 5.75 Å². The summed E-state index contributed by atoms with van der Waals surface area (Å²) in [6, 6.07) is 9.72. The van der Waals surface area contributed by atoms with Crippen molar-refractivity contribution in [3.05, 3.63) is 30.3 Å². The highest BCUT2D eigenvalue weighted by Crippen LogP contribution is 2.39. The smallest absolute Gasteiger partial charge is 0.225 e. The highest BCUT2D eigenvalue weighted by atomic mass is 16.5. The zero-order chi connectivity index (χ0) is 16.0. The standard InChI is InChI=1S/C19H28N2O2/c22-18(7-16-23-17-5-2-1-3-6-17)21-14-4-8-19(11-15-21)9-12-20-13-10-19/h1-3,5-6,20H,4,7-16H2. The van der Waals surface area contributed by atoms with Crippen LogP contribution in [0, 0.1) is 5.41 Å². The summed E-state index contributed by atoms with van der Waals surface area (Å²) in [6.07, 6.45) is 6.60. The Morgan fingerprint density at radius 2 is 1.87 bits per heavy atom. The Morgan fingerprint density at radius 3 is 2.65 bits per heavy atom. The number of likely N-dealkylation sites (tertiary alicyclic amines) is 1. The quantitative estimate of drug-likeness (QED) is 0.929. The van der Waals surface area contributed by atoms with Crippen LogP contribution < -0.4 is 10.1 Å². The van der Waals surface area contributed by atoms with Gasteiger partial charge in [0.2, 0.25) is 5.91 Å². The molecule has 0 aromatic heterocycles. The molecule has 3 rings (SSSR count). The first-order valence-corrected chi connectivity index (χ1v) is 8.94. The van der Waals surface area contributed by atoms with Gasteiger partial charge in [0.05, 0.1) is 13.0 Å². The lowest BCUT2D eigenvalue weighted by atomic mass is 9.73. The average molecular weight is 316 g/mol. The Hall–Kier alpha value is -1.55. The van der Waals surface area contributed by atoms with Gasteiger partial charge >= 0.3 is 0 Å². The Balaban J connectivity index is 1.44. The summed E-state index contributed by atoms with van der Waals surface area (Å²) in [4.78, 5) is 14.5. The molecule has 4 nitrogen and oxygen atoms in total. The van der Waals surface area contributed by atoms with E-state index in [1.165, 1.54) is 25.7 Å². The van der Waals surface area contributed by atoms with Gasteiger partial charge in [0.1, 0.15) is 5.75 Å². The molecule has 0 radical (unpaired) electrons. The molecule has 2 aliphatic heterocycles. The van der Waals surface area contributed by atoms with Gasteiger partial charge in [-0.1, -0.05) is 18.2 Å². The molecule has 2 heterocycles. The Kier molecular flexibility index (Phi) is 5.55. The van der Waals surface area contributed by atoms with Crippen LogP contribution in [-0.4, -0.2) is 43.6 Å². The lowest BCUT2D eigenvalue weighted by molar-refractivity contribution is -0.131. The van der Waals surface area contributed by atoms with Gasteiger partial charge in [0, 0.05) is 13.1 Å². The summed E-state index contributed by atoms with van der Waals surface area (Å²) in [5.74, 6) is 1.08. The summed E-state index contributed by atoms with van der Waals surface area (Å²) in [5.41, 5.74) is 0.487. The minimum atomic E-state index is 0.243. The van der Waals surface area contributed by atoms with Crippen molar-refractivity contribution in [2.45, 2.75) is 38.5 Å². The maximum atomic E-state index is 12.4. The molecule has 2 saturated heterocycles. The fourth-order valence-corrected chi connectivity index (χ4v) is 3.89. The van der Waals surface area contributed by atoms with E-state index in [-0.39, 0.29) is 5.91 Å². The number of ether oxygens (including phenoxy) is 1. The monoisotopic (exact) mass is 316 g/mol. The lowest BCUT2D eigenvalue weighted by Crippen LogP contribution is -2.38. The third kappa shape index (κ3) is 4.47. The molecular formula is C19H28N2O2. The first-order chi connectivity index (χ1) is 11.3. The number of para-hydroxylation sites is 1. The van der Waals surface area contributed by atoms with Crippen molar-refractivity contribution in [1.82, 2.24) is 10.2 Å². The zero-order valence-corrected chi connectivity index (χ0v) is 13.9. The minimum absolute atomic E-state index is 0.243. The summed E-state index contributed by atoms with van der Waals surface area (Å²) >= 11 is 0. The lowest BCUT2D eigenvalue weighted by Gasteiger charge is -2.37. The predicted octanol–water partition coefficient (Wildman–Crippen LogP) is 2.84. The molecule has 126 valence electrons. The summed E-state index contributed by atoms with van der Waals surface area (Å²) in [5, 5.41) is 3.46. The zero-order valence-electron chi connectivity index (χ0n) is 13.9. The van der Waals surface area contributed by atoms with Gasteiger partial charge in [-0.25, -0.2) is 0 Å². The fourth-order valence-electron chi connectivity index (χ4n) is 3.89. The summed E-state index contributed by atoms with van der Waals surface area (Å²) in [7, 11) is 0. The Bertz CT molecular complexity index is 497. The number of nitrogens with one attached hydrogen (secondary N) is 1. The number of carbonyl (C=O) groups is 1. The van der Waals surface area contributed by atoms with Crippen LogP contribution in [-0.2, 0) is 4.79 Å². The highest BCUT2D eigenvalue weighted by Gasteiger charge is 2.34. The van der Waals surface area contributed by atoms with Crippen molar-refractivity contribution in [1.29, 1.82) is 0 Å². The molecule has 0 bridgehead atoms. The largest absolute Gasteiger partial charge is 0.493 e. The number of benzene rings is 1. The molecule has 0 atom stereocenters. The number of nitrogens with zero attached hydrogens (tertiary/aromatic N) is 1. The summed E-state index contributed by atoms with van der Waals surface area (Å²) < 4.78 is 5.65. The number of hydrogen-bond donors (Lipinski definition) is 1. The van der Waals surface area contributed by atoms with Gasteiger partial charge < -0.3 is 15.0 Å². The van der Waals surface area contributed by atoms with Crippen molar-refractivity contribution in [2.75, 3.05) is 32.8 Å². The molecule has 2 aliphatic rings. The molecule has 0 aliphatic carbocycles. The molecule has 4 heteroatoms. The van der Waals surface area contributed by atoms with E-state index in [9.17, 15) is 4.79 Å². The molecule has 1 aromatic carbocycles. The molecule has 1 amide bonds. The first-order valence-electron chi connectivity index (χ1n) is 8.94. The van der Waals surface area contributed by atoms with E-state index >= 15 is 0 Å². The van der Waals surface area contributed by atoms with Gasteiger partial charge in [-0.3, -0.25) is 4.79 Å². The van der Waals surface area contributed by atoms with E-state index in [1.54, 1.807) is 0 Å². The number of carbonyl (C=O) groups excluding carboxylic acids is 1. The number of hydrogen-bond acceptors (Lipinski definition) is 3. The van der Waals surface area contributed by atoms with Crippen LogP contribution in [0.4, 0.5) is 0 Å². The molecule has 1 N–H and O–H groups in total. The van der Waals surface area contributed by atoms with Gasteiger partial charge in [-0.15, -0.1) is 0 Å². The van der Waals surface area contributed by atoms with Gasteiger partial charge in [-0.2, -0.15) is 0 Å². The van der Waals surface area contributed by atoms with Crippen molar-refractivity contribution < 1.29 is 9.53 Å². The van der Waals surface area contributed by atoms with Crippen molar-refractivity contribution in [3.8, 4) is 5.75 Å². The van der Waals surface area contributed by atoms with Gasteiger partial charge in [0.15, 0.2) is 0 Å². The molecule has 1 aromatic rings. The molecule has 1 spiro atoms. The maximum Gasteiger partial charge on any atom is 0.225 e. The van der Waals surface area contributed by atoms with Crippen molar-refractivity contribution >= 4 is 5.91 Å². The van der Waals surface area contributed by atoms with E-state index in [1.807, 2.05) is 30.3 Å². The first kappa shape index (κ1) is 16.3. The number of piperidine rings is 1.